The number of carbonyl (C=O) groups excluding carboxylic acids is 2. The number of esters is 1. The quantitative estimate of drug-likeness (QED) is 0.0777. The van der Waals surface area contributed by atoms with Gasteiger partial charge in [-0.25, -0.2) is 4.79 Å². The van der Waals surface area contributed by atoms with Gasteiger partial charge in [0.05, 0.1) is 17.9 Å². The summed E-state index contributed by atoms with van der Waals surface area (Å²) >= 11 is 0. The highest BCUT2D eigenvalue weighted by Gasteiger charge is 2.36. The number of nitrogens with one attached hydrogen (secondary N) is 2. The fourth-order valence-corrected chi connectivity index (χ4v) is 5.29. The molecule has 7 nitrogen and oxygen atoms in total. The van der Waals surface area contributed by atoms with E-state index in [0.29, 0.717) is 19.4 Å². The van der Waals surface area contributed by atoms with Crippen LogP contribution in [-0.2, 0) is 24.7 Å². The fourth-order valence-electron chi connectivity index (χ4n) is 5.29. The smallest absolute Gasteiger partial charge is 0.326 e. The first-order valence-corrected chi connectivity index (χ1v) is 14.9. The predicted molar refractivity (Wildman–Crippen MR) is 169 cm³/mol. The number of carbonyl (C=O) groups is 3. The summed E-state index contributed by atoms with van der Waals surface area (Å²) in [4.78, 5) is 37.2. The Hall–Kier alpha value is -4.23. The van der Waals surface area contributed by atoms with Crippen LogP contribution in [-0.4, -0.2) is 42.1 Å². The Bertz CT molecular complexity index is 1280. The highest BCUT2D eigenvalue weighted by molar-refractivity contribution is 5.87. The number of rotatable bonds is 17. The van der Waals surface area contributed by atoms with Crippen LogP contribution >= 0.6 is 0 Å². The van der Waals surface area contributed by atoms with Crippen LogP contribution in [0.5, 0.6) is 0 Å². The van der Waals surface area contributed by atoms with E-state index in [0.717, 1.165) is 16.7 Å². The minimum Gasteiger partial charge on any atom is -0.480 e. The molecule has 0 aliphatic heterocycles. The Kier molecular flexibility index (Phi) is 12.7. The molecule has 0 fully saturated rings. The predicted octanol–water partition coefficient (Wildman–Crippen LogP) is 6.01. The molecule has 0 saturated carbocycles. The van der Waals surface area contributed by atoms with Gasteiger partial charge >= 0.3 is 11.9 Å². The lowest BCUT2D eigenvalue weighted by molar-refractivity contribution is -0.147. The molecule has 0 aromatic heterocycles. The third-order valence-corrected chi connectivity index (χ3v) is 7.71. The molecule has 43 heavy (non-hydrogen) atoms. The second-order valence-electron chi connectivity index (χ2n) is 11.2. The molecule has 3 N–H and O–H groups in total. The first-order valence-electron chi connectivity index (χ1n) is 14.9. The van der Waals surface area contributed by atoms with Gasteiger partial charge in [-0.15, -0.1) is 0 Å². The van der Waals surface area contributed by atoms with E-state index >= 15 is 0 Å². The summed E-state index contributed by atoms with van der Waals surface area (Å²) in [6.07, 6.45) is 2.87. The highest BCUT2D eigenvalue weighted by Crippen LogP contribution is 2.37. The second-order valence-corrected chi connectivity index (χ2v) is 11.2. The van der Waals surface area contributed by atoms with Gasteiger partial charge in [0.15, 0.2) is 0 Å². The summed E-state index contributed by atoms with van der Waals surface area (Å²) < 4.78 is 5.03. The van der Waals surface area contributed by atoms with Crippen LogP contribution in [0, 0.1) is 18.8 Å². The third-order valence-electron chi connectivity index (χ3n) is 7.71. The summed E-state index contributed by atoms with van der Waals surface area (Å²) in [7, 11) is 0. The molecule has 2 atom stereocenters. The number of ether oxygens (including phenoxy) is 1. The zero-order chi connectivity index (χ0) is 31.2. The largest absolute Gasteiger partial charge is 0.480 e. The molecular weight excluding hydrogens is 540 g/mol. The summed E-state index contributed by atoms with van der Waals surface area (Å²) in [6.45, 7) is 9.92. The van der Waals surface area contributed by atoms with Crippen molar-refractivity contribution >= 4 is 17.8 Å². The second kappa shape index (κ2) is 16.4. The summed E-state index contributed by atoms with van der Waals surface area (Å²) in [6, 6.07) is 28.1. The molecule has 0 unspecified atom stereocenters. The highest BCUT2D eigenvalue weighted by atomic mass is 16.5. The minimum atomic E-state index is -1.10. The van der Waals surface area contributed by atoms with E-state index in [1.807, 2.05) is 50.2 Å². The van der Waals surface area contributed by atoms with Gasteiger partial charge in [-0.1, -0.05) is 117 Å². The Morgan fingerprint density at radius 2 is 1.44 bits per heavy atom. The van der Waals surface area contributed by atoms with E-state index < -0.39 is 35.3 Å². The number of benzene rings is 3. The molecule has 3 aromatic carbocycles. The van der Waals surface area contributed by atoms with Crippen LogP contribution in [0.4, 0.5) is 0 Å². The fraction of sp³-hybridized carbons (Fsp3) is 0.361. The first-order chi connectivity index (χ1) is 20.7. The number of unbranched alkanes of at least 4 members (excludes halogenated alkanes) is 1. The van der Waals surface area contributed by atoms with E-state index in [9.17, 15) is 19.5 Å². The molecule has 7 heteroatoms. The lowest BCUT2D eigenvalue weighted by Crippen LogP contribution is -2.46. The first kappa shape index (κ1) is 33.3. The molecular formula is C36H44N2O5. The average Bonchev–Trinajstić information content (AvgIpc) is 3.01. The summed E-state index contributed by atoms with van der Waals surface area (Å²) in [5.74, 6) is -2.92. The van der Waals surface area contributed by atoms with Gasteiger partial charge in [0.1, 0.15) is 12.6 Å². The van der Waals surface area contributed by atoms with Crippen molar-refractivity contribution in [2.45, 2.75) is 58.0 Å². The van der Waals surface area contributed by atoms with Crippen LogP contribution in [0.3, 0.4) is 0 Å². The molecule has 0 radical (unpaired) electrons. The van der Waals surface area contributed by atoms with Gasteiger partial charge in [0, 0.05) is 0 Å². The number of hydrogen-bond acceptors (Lipinski definition) is 5. The Balaban J connectivity index is 1.72. The van der Waals surface area contributed by atoms with Gasteiger partial charge in [-0.2, -0.15) is 0 Å². The summed E-state index contributed by atoms with van der Waals surface area (Å²) in [5.41, 5.74) is 3.88. The number of carboxylic acid groups (broad SMARTS) is 1. The number of aryl methyl sites for hydroxylation is 1. The molecule has 1 amide bonds. The van der Waals surface area contributed by atoms with Gasteiger partial charge in [-0.05, 0) is 55.3 Å². The van der Waals surface area contributed by atoms with Crippen LogP contribution in [0.2, 0.25) is 0 Å². The molecule has 0 spiro atoms. The topological polar surface area (TPSA) is 105 Å². The van der Waals surface area contributed by atoms with Gasteiger partial charge < -0.3 is 15.2 Å². The average molecular weight is 585 g/mol. The molecule has 0 saturated heterocycles. The number of amides is 1. The maximum atomic E-state index is 13.0. The zero-order valence-corrected chi connectivity index (χ0v) is 25.4. The van der Waals surface area contributed by atoms with Crippen molar-refractivity contribution in [2.24, 2.45) is 11.8 Å². The number of carboxylic acids is 1. The van der Waals surface area contributed by atoms with Crippen molar-refractivity contribution < 1.29 is 24.2 Å². The Labute approximate surface area is 255 Å². The maximum absolute atomic E-state index is 13.0. The lowest BCUT2D eigenvalue weighted by atomic mass is 9.76. The van der Waals surface area contributed by atoms with Crippen LogP contribution in [0.25, 0.3) is 0 Å². The van der Waals surface area contributed by atoms with E-state index in [-0.39, 0.29) is 25.4 Å². The van der Waals surface area contributed by atoms with E-state index in [1.54, 1.807) is 0 Å². The SMILES string of the molecule is C=CCOC(=O)C[C@H](C(=O)N[C@@H](CCCCNC(c1ccccc1)(c1ccccc1)c1ccc(C)cc1)C(=O)O)C(C)C. The normalized spacial score (nSPS) is 12.7. The standard InChI is InChI=1S/C36H44N2O5/c1-5-24-43-33(39)25-31(26(2)3)34(40)38-32(35(41)42)18-12-13-23-37-36(28-14-8-6-9-15-28,29-16-10-7-11-17-29)30-21-19-27(4)20-22-30/h5-11,14-17,19-22,26,31-32,37H,1,12-13,18,23-25H2,2-4H3,(H,38,40)(H,41,42)/t31-,32-/m0/s1. The molecule has 228 valence electrons. The van der Waals surface area contributed by atoms with Crippen molar-refractivity contribution in [3.8, 4) is 0 Å². The van der Waals surface area contributed by atoms with Crippen LogP contribution in [0.1, 0.15) is 61.8 Å². The Morgan fingerprint density at radius 3 is 1.95 bits per heavy atom. The molecule has 3 aromatic rings. The van der Waals surface area contributed by atoms with Crippen molar-refractivity contribution in [3.63, 3.8) is 0 Å². The van der Waals surface area contributed by atoms with Gasteiger partial charge in [-0.3, -0.25) is 14.9 Å². The van der Waals surface area contributed by atoms with Crippen molar-refractivity contribution in [1.82, 2.24) is 10.6 Å². The lowest BCUT2D eigenvalue weighted by Gasteiger charge is -2.37. The molecule has 0 aliphatic rings. The maximum Gasteiger partial charge on any atom is 0.326 e. The van der Waals surface area contributed by atoms with Gasteiger partial charge in [0.25, 0.3) is 0 Å². The molecule has 3 rings (SSSR count). The molecule has 0 heterocycles. The van der Waals surface area contributed by atoms with Crippen molar-refractivity contribution in [3.05, 3.63) is 120 Å². The number of hydrogen-bond donors (Lipinski definition) is 3. The Morgan fingerprint density at radius 1 is 0.884 bits per heavy atom. The molecule has 0 bridgehead atoms. The molecule has 0 aliphatic carbocycles. The zero-order valence-electron chi connectivity index (χ0n) is 25.4. The van der Waals surface area contributed by atoms with Crippen LogP contribution in [0.15, 0.2) is 97.6 Å². The van der Waals surface area contributed by atoms with Crippen LogP contribution < -0.4 is 10.6 Å². The van der Waals surface area contributed by atoms with Gasteiger partial charge in [0.2, 0.25) is 5.91 Å². The van der Waals surface area contributed by atoms with E-state index in [1.165, 1.54) is 11.6 Å². The van der Waals surface area contributed by atoms with E-state index in [2.05, 4.69) is 72.7 Å². The number of aliphatic carboxylic acids is 1. The minimum absolute atomic E-state index is 0.0663. The third kappa shape index (κ3) is 9.13. The monoisotopic (exact) mass is 584 g/mol. The summed E-state index contributed by atoms with van der Waals surface area (Å²) in [5, 5.41) is 16.3. The van der Waals surface area contributed by atoms with E-state index in [4.69, 9.17) is 4.74 Å². The van der Waals surface area contributed by atoms with Crippen molar-refractivity contribution in [1.29, 1.82) is 0 Å². The van der Waals surface area contributed by atoms with Crippen molar-refractivity contribution in [2.75, 3.05) is 13.2 Å².